The smallest absolute Gasteiger partial charge is 0.335 e. The number of anilines is 1. The summed E-state index contributed by atoms with van der Waals surface area (Å²) < 4.78 is 39.6. The lowest BCUT2D eigenvalue weighted by molar-refractivity contribution is 0.0696. The van der Waals surface area contributed by atoms with E-state index >= 15 is 0 Å². The SMILES string of the molecule is O=C(O)c1ccc(NC(=O)c2cc(F)cc(F)c2)c(F)c1. The molecule has 2 rings (SSSR count). The van der Waals surface area contributed by atoms with E-state index in [1.165, 1.54) is 0 Å². The van der Waals surface area contributed by atoms with Gasteiger partial charge in [0.2, 0.25) is 0 Å². The fourth-order valence-electron chi connectivity index (χ4n) is 1.63. The molecule has 0 unspecified atom stereocenters. The maximum absolute atomic E-state index is 13.6. The van der Waals surface area contributed by atoms with Crippen molar-refractivity contribution in [1.82, 2.24) is 0 Å². The van der Waals surface area contributed by atoms with Gasteiger partial charge < -0.3 is 10.4 Å². The molecule has 2 aromatic rings. The van der Waals surface area contributed by atoms with Crippen LogP contribution in [-0.2, 0) is 0 Å². The Morgan fingerprint density at radius 2 is 1.52 bits per heavy atom. The summed E-state index contributed by atoms with van der Waals surface area (Å²) >= 11 is 0. The van der Waals surface area contributed by atoms with Gasteiger partial charge >= 0.3 is 5.97 Å². The van der Waals surface area contributed by atoms with Gasteiger partial charge in [0.25, 0.3) is 5.91 Å². The number of aromatic carboxylic acids is 1. The fraction of sp³-hybridized carbons (Fsp3) is 0. The molecule has 0 fully saturated rings. The van der Waals surface area contributed by atoms with Crippen molar-refractivity contribution in [2.24, 2.45) is 0 Å². The minimum atomic E-state index is -1.32. The zero-order valence-electron chi connectivity index (χ0n) is 10.4. The Kier molecular flexibility index (Phi) is 3.93. The Hall–Kier alpha value is -2.83. The van der Waals surface area contributed by atoms with Crippen LogP contribution < -0.4 is 5.32 Å². The van der Waals surface area contributed by atoms with Crippen LogP contribution >= 0.6 is 0 Å². The molecule has 2 N–H and O–H groups in total. The van der Waals surface area contributed by atoms with E-state index in [2.05, 4.69) is 5.32 Å². The number of nitrogens with one attached hydrogen (secondary N) is 1. The van der Waals surface area contributed by atoms with Gasteiger partial charge in [-0.15, -0.1) is 0 Å². The number of rotatable bonds is 3. The van der Waals surface area contributed by atoms with Gasteiger partial charge in [-0.3, -0.25) is 4.79 Å². The lowest BCUT2D eigenvalue weighted by atomic mass is 10.1. The van der Waals surface area contributed by atoms with Crippen molar-refractivity contribution in [3.63, 3.8) is 0 Å². The van der Waals surface area contributed by atoms with Gasteiger partial charge in [0.05, 0.1) is 11.3 Å². The first kappa shape index (κ1) is 14.6. The second kappa shape index (κ2) is 5.66. The summed E-state index contributed by atoms with van der Waals surface area (Å²) in [4.78, 5) is 22.4. The molecule has 0 aromatic heterocycles. The van der Waals surface area contributed by atoms with Crippen LogP contribution in [0.5, 0.6) is 0 Å². The molecule has 0 saturated heterocycles. The van der Waals surface area contributed by atoms with Crippen molar-refractivity contribution >= 4 is 17.6 Å². The second-order valence-electron chi connectivity index (χ2n) is 4.11. The monoisotopic (exact) mass is 295 g/mol. The Morgan fingerprint density at radius 3 is 2.05 bits per heavy atom. The number of hydrogen-bond donors (Lipinski definition) is 2. The molecule has 0 aliphatic carbocycles. The lowest BCUT2D eigenvalue weighted by Crippen LogP contribution is -2.14. The molecule has 0 aliphatic rings. The summed E-state index contributed by atoms with van der Waals surface area (Å²) in [5, 5.41) is 10.8. The van der Waals surface area contributed by atoms with E-state index in [9.17, 15) is 22.8 Å². The highest BCUT2D eigenvalue weighted by molar-refractivity contribution is 6.04. The molecule has 21 heavy (non-hydrogen) atoms. The number of carbonyl (C=O) groups excluding carboxylic acids is 1. The van der Waals surface area contributed by atoms with Gasteiger partial charge in [-0.05, 0) is 30.3 Å². The van der Waals surface area contributed by atoms with Crippen LogP contribution in [0.1, 0.15) is 20.7 Å². The maximum atomic E-state index is 13.6. The van der Waals surface area contributed by atoms with Gasteiger partial charge in [-0.25, -0.2) is 18.0 Å². The predicted molar refractivity (Wildman–Crippen MR) is 67.7 cm³/mol. The van der Waals surface area contributed by atoms with Crippen molar-refractivity contribution < 1.29 is 27.9 Å². The van der Waals surface area contributed by atoms with Crippen LogP contribution in [0.4, 0.5) is 18.9 Å². The van der Waals surface area contributed by atoms with Gasteiger partial charge in [0.15, 0.2) is 0 Å². The minimum absolute atomic E-state index is 0.290. The summed E-state index contributed by atoms with van der Waals surface area (Å²) in [7, 11) is 0. The third-order valence-corrected chi connectivity index (χ3v) is 2.59. The van der Waals surface area contributed by atoms with Crippen LogP contribution in [0.2, 0.25) is 0 Å². The molecule has 0 saturated carbocycles. The average molecular weight is 295 g/mol. The highest BCUT2D eigenvalue weighted by atomic mass is 19.1. The first-order valence-corrected chi connectivity index (χ1v) is 5.67. The third-order valence-electron chi connectivity index (χ3n) is 2.59. The number of carboxylic acids is 1. The van der Waals surface area contributed by atoms with Crippen molar-refractivity contribution in [1.29, 1.82) is 0 Å². The highest BCUT2D eigenvalue weighted by Gasteiger charge is 2.13. The molecule has 0 atom stereocenters. The lowest BCUT2D eigenvalue weighted by Gasteiger charge is -2.07. The van der Waals surface area contributed by atoms with Crippen LogP contribution in [0, 0.1) is 17.5 Å². The van der Waals surface area contributed by atoms with Crippen molar-refractivity contribution in [3.05, 3.63) is 65.0 Å². The van der Waals surface area contributed by atoms with Crippen LogP contribution in [0.15, 0.2) is 36.4 Å². The standard InChI is InChI=1S/C14H8F3NO3/c15-9-3-8(4-10(16)6-9)13(19)18-12-2-1-7(14(20)21)5-11(12)17/h1-6H,(H,18,19)(H,20,21). The highest BCUT2D eigenvalue weighted by Crippen LogP contribution is 2.17. The molecule has 108 valence electrons. The normalized spacial score (nSPS) is 10.2. The zero-order chi connectivity index (χ0) is 15.6. The number of hydrogen-bond acceptors (Lipinski definition) is 2. The number of carbonyl (C=O) groups is 2. The molecule has 0 aliphatic heterocycles. The van der Waals surface area contributed by atoms with Gasteiger partial charge in [0.1, 0.15) is 17.5 Å². The second-order valence-corrected chi connectivity index (χ2v) is 4.11. The maximum Gasteiger partial charge on any atom is 0.335 e. The summed E-state index contributed by atoms with van der Waals surface area (Å²) in [6.07, 6.45) is 0. The van der Waals surface area contributed by atoms with Gasteiger partial charge in [-0.2, -0.15) is 0 Å². The molecule has 7 heteroatoms. The molecular weight excluding hydrogens is 287 g/mol. The van der Waals surface area contributed by atoms with Crippen molar-refractivity contribution in [2.45, 2.75) is 0 Å². The molecule has 0 bridgehead atoms. The minimum Gasteiger partial charge on any atom is -0.478 e. The molecule has 0 radical (unpaired) electrons. The third kappa shape index (κ3) is 3.38. The zero-order valence-corrected chi connectivity index (χ0v) is 10.4. The number of amides is 1. The fourth-order valence-corrected chi connectivity index (χ4v) is 1.63. The van der Waals surface area contributed by atoms with E-state index in [0.29, 0.717) is 6.07 Å². The number of carboxylic acid groups (broad SMARTS) is 1. The quantitative estimate of drug-likeness (QED) is 0.914. The van der Waals surface area contributed by atoms with E-state index in [4.69, 9.17) is 5.11 Å². The molecule has 2 aromatic carbocycles. The van der Waals surface area contributed by atoms with Crippen LogP contribution in [0.25, 0.3) is 0 Å². The number of halogens is 3. The molecule has 4 nitrogen and oxygen atoms in total. The molecule has 0 spiro atoms. The summed E-state index contributed by atoms with van der Waals surface area (Å²) in [6, 6.07) is 5.05. The van der Waals surface area contributed by atoms with E-state index in [1.54, 1.807) is 0 Å². The topological polar surface area (TPSA) is 66.4 Å². The van der Waals surface area contributed by atoms with E-state index in [1.807, 2.05) is 0 Å². The summed E-state index contributed by atoms with van der Waals surface area (Å²) in [6.45, 7) is 0. The Labute approximate surface area is 116 Å². The molecular formula is C14H8F3NO3. The largest absolute Gasteiger partial charge is 0.478 e. The Balaban J connectivity index is 2.25. The van der Waals surface area contributed by atoms with E-state index < -0.39 is 29.3 Å². The average Bonchev–Trinajstić information content (AvgIpc) is 2.39. The van der Waals surface area contributed by atoms with E-state index in [0.717, 1.165) is 30.3 Å². The summed E-state index contributed by atoms with van der Waals surface area (Å²) in [5.41, 5.74) is -0.911. The molecule has 0 heterocycles. The van der Waals surface area contributed by atoms with Crippen LogP contribution in [0.3, 0.4) is 0 Å². The van der Waals surface area contributed by atoms with Gasteiger partial charge in [-0.1, -0.05) is 0 Å². The van der Waals surface area contributed by atoms with Crippen LogP contribution in [-0.4, -0.2) is 17.0 Å². The molecule has 1 amide bonds. The van der Waals surface area contributed by atoms with E-state index in [-0.39, 0.29) is 16.8 Å². The number of benzene rings is 2. The van der Waals surface area contributed by atoms with Gasteiger partial charge in [0, 0.05) is 11.6 Å². The Morgan fingerprint density at radius 1 is 0.905 bits per heavy atom. The van der Waals surface area contributed by atoms with Crippen molar-refractivity contribution in [2.75, 3.05) is 5.32 Å². The Bertz CT molecular complexity index is 711. The predicted octanol–water partition coefficient (Wildman–Crippen LogP) is 3.05. The summed E-state index contributed by atoms with van der Waals surface area (Å²) in [5.74, 6) is -5.10. The first-order chi connectivity index (χ1) is 9.86. The van der Waals surface area contributed by atoms with Crippen molar-refractivity contribution in [3.8, 4) is 0 Å². The first-order valence-electron chi connectivity index (χ1n) is 5.67.